The fraction of sp³-hybridized carbons (Fsp3) is 0.471. The van der Waals surface area contributed by atoms with Crippen LogP contribution in [0.4, 0.5) is 0 Å². The maximum Gasteiger partial charge on any atom is 0.110 e. The second-order valence-electron chi connectivity index (χ2n) is 5.93. The zero-order valence-corrected chi connectivity index (χ0v) is 12.6. The fourth-order valence-electron chi connectivity index (χ4n) is 3.58. The number of nitrogens with one attached hydrogen (secondary N) is 1. The van der Waals surface area contributed by atoms with Crippen LogP contribution >= 0.6 is 0 Å². The summed E-state index contributed by atoms with van der Waals surface area (Å²) in [4.78, 5) is 4.51. The van der Waals surface area contributed by atoms with Crippen LogP contribution in [0.15, 0.2) is 42.7 Å². The second-order valence-corrected chi connectivity index (χ2v) is 5.93. The number of hydrogen-bond donors (Lipinski definition) is 2. The molecule has 0 spiro atoms. The minimum Gasteiger partial charge on any atom is -0.335 e. The van der Waals surface area contributed by atoms with Crippen LogP contribution in [-0.2, 0) is 18.4 Å². The van der Waals surface area contributed by atoms with Gasteiger partial charge in [-0.2, -0.15) is 0 Å². The Morgan fingerprint density at radius 2 is 2.10 bits per heavy atom. The van der Waals surface area contributed by atoms with E-state index in [-0.39, 0.29) is 11.5 Å². The maximum atomic E-state index is 5.93. The molecule has 4 heteroatoms. The Bertz CT molecular complexity index is 571. The highest BCUT2D eigenvalue weighted by Crippen LogP contribution is 2.46. The molecule has 1 aliphatic rings. The monoisotopic (exact) mass is 284 g/mol. The largest absolute Gasteiger partial charge is 0.335 e. The molecule has 1 unspecified atom stereocenters. The average molecular weight is 284 g/mol. The highest BCUT2D eigenvalue weighted by atomic mass is 15.2. The first-order valence-corrected chi connectivity index (χ1v) is 7.82. The van der Waals surface area contributed by atoms with Gasteiger partial charge in [0.05, 0.1) is 0 Å². The lowest BCUT2D eigenvalue weighted by molar-refractivity contribution is 0.166. The van der Waals surface area contributed by atoms with Crippen LogP contribution in [0.1, 0.15) is 37.6 Å². The molecule has 0 aliphatic heterocycles. The molecule has 1 atom stereocenters. The number of hydrogen-bond acceptors (Lipinski definition) is 3. The summed E-state index contributed by atoms with van der Waals surface area (Å²) < 4.78 is 2.20. The van der Waals surface area contributed by atoms with Gasteiger partial charge in [-0.25, -0.2) is 4.98 Å². The average Bonchev–Trinajstić information content (AvgIpc) is 2.93. The van der Waals surface area contributed by atoms with E-state index in [1.807, 2.05) is 12.4 Å². The third-order valence-corrected chi connectivity index (χ3v) is 4.99. The summed E-state index contributed by atoms with van der Waals surface area (Å²) in [5.74, 6) is 7.04. The molecule has 1 aromatic heterocycles. The zero-order valence-electron chi connectivity index (χ0n) is 12.6. The standard InChI is InChI=1S/C17H24N4/c1-2-21-12-11-19-16(21)13-15(20-18)17(9-6-10-17)14-7-4-3-5-8-14/h3-5,7-8,11-12,15,20H,2,6,9-10,13,18H2,1H3. The quantitative estimate of drug-likeness (QED) is 0.632. The second kappa shape index (κ2) is 6.00. The van der Waals surface area contributed by atoms with Crippen molar-refractivity contribution in [3.63, 3.8) is 0 Å². The summed E-state index contributed by atoms with van der Waals surface area (Å²) in [6, 6.07) is 11.0. The Balaban J connectivity index is 1.88. The molecular weight excluding hydrogens is 260 g/mol. The van der Waals surface area contributed by atoms with Crippen molar-refractivity contribution in [1.29, 1.82) is 0 Å². The smallest absolute Gasteiger partial charge is 0.110 e. The number of nitrogens with zero attached hydrogens (tertiary/aromatic N) is 2. The van der Waals surface area contributed by atoms with Crippen LogP contribution in [0.5, 0.6) is 0 Å². The van der Waals surface area contributed by atoms with Crippen molar-refractivity contribution in [2.45, 2.75) is 50.6 Å². The predicted molar refractivity (Wildman–Crippen MR) is 84.7 cm³/mol. The van der Waals surface area contributed by atoms with Crippen molar-refractivity contribution < 1.29 is 0 Å². The number of nitrogens with two attached hydrogens (primary N) is 1. The molecule has 112 valence electrons. The number of rotatable bonds is 6. The summed E-state index contributed by atoms with van der Waals surface area (Å²) >= 11 is 0. The van der Waals surface area contributed by atoms with Gasteiger partial charge >= 0.3 is 0 Å². The van der Waals surface area contributed by atoms with Crippen molar-refractivity contribution in [3.05, 3.63) is 54.1 Å². The molecule has 21 heavy (non-hydrogen) atoms. The van der Waals surface area contributed by atoms with E-state index in [0.29, 0.717) is 0 Å². The summed E-state index contributed by atoms with van der Waals surface area (Å²) in [6.07, 6.45) is 8.44. The van der Waals surface area contributed by atoms with Gasteiger partial charge in [0.15, 0.2) is 0 Å². The number of imidazole rings is 1. The minimum absolute atomic E-state index is 0.153. The van der Waals surface area contributed by atoms with Gasteiger partial charge < -0.3 is 4.57 Å². The Morgan fingerprint density at radius 1 is 1.33 bits per heavy atom. The topological polar surface area (TPSA) is 55.9 Å². The first-order chi connectivity index (χ1) is 10.3. The van der Waals surface area contributed by atoms with Crippen molar-refractivity contribution in [3.8, 4) is 0 Å². The predicted octanol–water partition coefficient (Wildman–Crippen LogP) is 2.40. The Labute approximate surface area is 126 Å². The van der Waals surface area contributed by atoms with E-state index in [9.17, 15) is 0 Å². The Hall–Kier alpha value is -1.65. The molecule has 0 saturated heterocycles. The van der Waals surface area contributed by atoms with Gasteiger partial charge in [0.25, 0.3) is 0 Å². The zero-order chi connectivity index (χ0) is 14.7. The number of aryl methyl sites for hydroxylation is 1. The number of aromatic nitrogens is 2. The summed E-state index contributed by atoms with van der Waals surface area (Å²) in [7, 11) is 0. The van der Waals surface area contributed by atoms with Gasteiger partial charge in [0.1, 0.15) is 5.82 Å². The van der Waals surface area contributed by atoms with Crippen molar-refractivity contribution >= 4 is 0 Å². The van der Waals surface area contributed by atoms with Crippen LogP contribution in [-0.4, -0.2) is 15.6 Å². The van der Waals surface area contributed by atoms with Crippen LogP contribution in [0.2, 0.25) is 0 Å². The molecule has 1 aliphatic carbocycles. The molecule has 1 saturated carbocycles. The fourth-order valence-corrected chi connectivity index (χ4v) is 3.58. The molecule has 0 amide bonds. The molecule has 1 aromatic carbocycles. The first kappa shape index (κ1) is 14.3. The lowest BCUT2D eigenvalue weighted by Crippen LogP contribution is -2.56. The van der Waals surface area contributed by atoms with Crippen LogP contribution in [0.25, 0.3) is 0 Å². The van der Waals surface area contributed by atoms with Gasteiger partial charge in [-0.1, -0.05) is 36.8 Å². The summed E-state index contributed by atoms with van der Waals surface area (Å²) in [6.45, 7) is 3.09. The van der Waals surface area contributed by atoms with Gasteiger partial charge in [-0.3, -0.25) is 11.3 Å². The lowest BCUT2D eigenvalue weighted by atomic mass is 9.59. The van der Waals surface area contributed by atoms with Crippen molar-refractivity contribution in [2.24, 2.45) is 5.84 Å². The Morgan fingerprint density at radius 3 is 2.67 bits per heavy atom. The summed E-state index contributed by atoms with van der Waals surface area (Å²) in [5.41, 5.74) is 4.63. The van der Waals surface area contributed by atoms with Gasteiger partial charge in [0, 0.05) is 36.8 Å². The van der Waals surface area contributed by atoms with Gasteiger partial charge in [-0.15, -0.1) is 0 Å². The van der Waals surface area contributed by atoms with Crippen molar-refractivity contribution in [2.75, 3.05) is 0 Å². The normalized spacial score (nSPS) is 18.2. The molecule has 0 bridgehead atoms. The molecule has 0 radical (unpaired) electrons. The van der Waals surface area contributed by atoms with E-state index in [4.69, 9.17) is 5.84 Å². The summed E-state index contributed by atoms with van der Waals surface area (Å²) in [5, 5.41) is 0. The number of benzene rings is 1. The lowest BCUT2D eigenvalue weighted by Gasteiger charge is -2.48. The van der Waals surface area contributed by atoms with E-state index in [1.54, 1.807) is 0 Å². The SMILES string of the molecule is CCn1ccnc1CC(NN)C1(c2ccccc2)CCC1. The van der Waals surface area contributed by atoms with E-state index in [2.05, 4.69) is 52.2 Å². The van der Waals surface area contributed by atoms with Crippen LogP contribution < -0.4 is 11.3 Å². The molecule has 1 heterocycles. The van der Waals surface area contributed by atoms with Crippen LogP contribution in [0, 0.1) is 0 Å². The van der Waals surface area contributed by atoms with E-state index in [0.717, 1.165) is 18.8 Å². The highest BCUT2D eigenvalue weighted by Gasteiger charge is 2.45. The molecule has 4 nitrogen and oxygen atoms in total. The number of hydrazine groups is 1. The van der Waals surface area contributed by atoms with E-state index in [1.165, 1.54) is 24.8 Å². The van der Waals surface area contributed by atoms with Gasteiger partial charge in [0.2, 0.25) is 0 Å². The van der Waals surface area contributed by atoms with Crippen LogP contribution in [0.3, 0.4) is 0 Å². The molecule has 1 fully saturated rings. The van der Waals surface area contributed by atoms with E-state index < -0.39 is 0 Å². The highest BCUT2D eigenvalue weighted by molar-refractivity contribution is 5.31. The molecule has 3 rings (SSSR count). The molecule has 3 N–H and O–H groups in total. The molecule has 2 aromatic rings. The van der Waals surface area contributed by atoms with E-state index >= 15 is 0 Å². The Kier molecular flexibility index (Phi) is 4.08. The first-order valence-electron chi connectivity index (χ1n) is 7.82. The van der Waals surface area contributed by atoms with Gasteiger partial charge in [-0.05, 0) is 25.3 Å². The third kappa shape index (κ3) is 2.49. The maximum absolute atomic E-state index is 5.93. The third-order valence-electron chi connectivity index (χ3n) is 4.99. The molecular formula is C17H24N4. The van der Waals surface area contributed by atoms with Crippen molar-refractivity contribution in [1.82, 2.24) is 15.0 Å². The minimum atomic E-state index is 0.153.